The van der Waals surface area contributed by atoms with Crippen LogP contribution in [0.3, 0.4) is 0 Å². The topological polar surface area (TPSA) is 62.2 Å². The number of unbranched alkanes of at least 4 members (excludes halogenated alkanes) is 4. The summed E-state index contributed by atoms with van der Waals surface area (Å²) in [4.78, 5) is 19.1. The minimum Gasteiger partial charge on any atom is -0.508 e. The second kappa shape index (κ2) is 12.6. The molecule has 6 heteroatoms. The van der Waals surface area contributed by atoms with E-state index < -0.39 is 0 Å². The van der Waals surface area contributed by atoms with Crippen molar-refractivity contribution in [3.8, 4) is 17.2 Å². The SMILES string of the molecule is CCCCCN(C(=O)CCCCCc1ccccc1)[C@H]1CC[C@H]2[C@H]3Cc4c(O)cc(OC)c5c4[C@@]2(CCN3CC2CC2)[C@H]1O5. The Morgan fingerprint density at radius 3 is 2.70 bits per heavy atom. The molecular weight excluding hydrogens is 548 g/mol. The third-order valence-corrected chi connectivity index (χ3v) is 11.8. The van der Waals surface area contributed by atoms with Gasteiger partial charge in [-0.15, -0.1) is 0 Å². The number of carbonyl (C=O) groups excluding carboxylic acids is 1. The first-order valence-electron chi connectivity index (χ1n) is 17.7. The van der Waals surface area contributed by atoms with E-state index in [4.69, 9.17) is 9.47 Å². The van der Waals surface area contributed by atoms with E-state index in [1.165, 1.54) is 30.5 Å². The van der Waals surface area contributed by atoms with Gasteiger partial charge >= 0.3 is 0 Å². The Hall–Kier alpha value is -2.73. The molecule has 0 unspecified atom stereocenters. The molecule has 0 aromatic heterocycles. The Kier molecular flexibility index (Phi) is 8.56. The van der Waals surface area contributed by atoms with Gasteiger partial charge in [-0.05, 0) is 88.2 Å². The van der Waals surface area contributed by atoms with Crippen molar-refractivity contribution < 1.29 is 19.4 Å². The van der Waals surface area contributed by atoms with Crippen LogP contribution in [0.2, 0.25) is 0 Å². The summed E-state index contributed by atoms with van der Waals surface area (Å²) < 4.78 is 12.9. The fourth-order valence-electron chi connectivity index (χ4n) is 9.56. The van der Waals surface area contributed by atoms with Crippen molar-refractivity contribution in [1.29, 1.82) is 0 Å². The molecule has 0 radical (unpaired) electrons. The third-order valence-electron chi connectivity index (χ3n) is 11.8. The van der Waals surface area contributed by atoms with Crippen LogP contribution in [-0.2, 0) is 23.1 Å². The summed E-state index contributed by atoms with van der Waals surface area (Å²) in [6, 6.07) is 12.9. The van der Waals surface area contributed by atoms with Gasteiger partial charge in [0.15, 0.2) is 11.5 Å². The highest BCUT2D eigenvalue weighted by Gasteiger charge is 2.67. The number of hydrogen-bond donors (Lipinski definition) is 1. The van der Waals surface area contributed by atoms with Gasteiger partial charge in [0.25, 0.3) is 0 Å². The van der Waals surface area contributed by atoms with Crippen molar-refractivity contribution in [1.82, 2.24) is 9.80 Å². The van der Waals surface area contributed by atoms with E-state index >= 15 is 0 Å². The van der Waals surface area contributed by atoms with E-state index in [0.29, 0.717) is 35.8 Å². The molecule has 5 aliphatic rings. The summed E-state index contributed by atoms with van der Waals surface area (Å²) in [5.41, 5.74) is 3.51. The largest absolute Gasteiger partial charge is 0.508 e. The highest BCUT2D eigenvalue weighted by Crippen LogP contribution is 2.66. The van der Waals surface area contributed by atoms with E-state index in [9.17, 15) is 9.90 Å². The van der Waals surface area contributed by atoms with Crippen molar-refractivity contribution in [2.24, 2.45) is 11.8 Å². The molecule has 44 heavy (non-hydrogen) atoms. The zero-order chi connectivity index (χ0) is 30.3. The zero-order valence-corrected chi connectivity index (χ0v) is 26.9. The maximum absolute atomic E-state index is 14.1. The molecule has 1 spiro atoms. The molecule has 2 saturated carbocycles. The highest BCUT2D eigenvalue weighted by atomic mass is 16.5. The van der Waals surface area contributed by atoms with E-state index in [1.54, 1.807) is 13.2 Å². The number of likely N-dealkylation sites (tertiary alicyclic amines) is 1. The number of piperidine rings is 1. The van der Waals surface area contributed by atoms with E-state index in [-0.39, 0.29) is 17.6 Å². The van der Waals surface area contributed by atoms with Gasteiger partial charge in [-0.1, -0.05) is 56.5 Å². The lowest BCUT2D eigenvalue weighted by Crippen LogP contribution is -2.69. The molecule has 3 fully saturated rings. The van der Waals surface area contributed by atoms with Crippen molar-refractivity contribution in [2.75, 3.05) is 26.7 Å². The van der Waals surface area contributed by atoms with Crippen LogP contribution in [0.25, 0.3) is 0 Å². The molecule has 7 rings (SSSR count). The fraction of sp³-hybridized carbons (Fsp3) is 0.658. The van der Waals surface area contributed by atoms with Crippen LogP contribution >= 0.6 is 0 Å². The van der Waals surface area contributed by atoms with Gasteiger partial charge in [0.2, 0.25) is 5.91 Å². The number of aromatic hydroxyl groups is 1. The van der Waals surface area contributed by atoms with Crippen LogP contribution in [0.15, 0.2) is 36.4 Å². The number of benzene rings is 2. The number of phenolic OH excluding ortho intramolecular Hbond substituents is 1. The molecule has 2 aromatic rings. The number of aryl methyl sites for hydroxylation is 1. The number of methoxy groups -OCH3 is 1. The lowest BCUT2D eigenvalue weighted by molar-refractivity contribution is -0.143. The first kappa shape index (κ1) is 30.0. The van der Waals surface area contributed by atoms with Crippen molar-refractivity contribution in [3.63, 3.8) is 0 Å². The van der Waals surface area contributed by atoms with Crippen LogP contribution in [0, 0.1) is 11.8 Å². The van der Waals surface area contributed by atoms with Crippen molar-refractivity contribution in [2.45, 2.75) is 120 Å². The number of nitrogens with zero attached hydrogens (tertiary/aromatic N) is 2. The number of carbonyl (C=O) groups is 1. The van der Waals surface area contributed by atoms with Crippen LogP contribution in [0.4, 0.5) is 0 Å². The molecule has 1 N–H and O–H groups in total. The predicted octanol–water partition coefficient (Wildman–Crippen LogP) is 7.04. The van der Waals surface area contributed by atoms with Crippen molar-refractivity contribution >= 4 is 5.91 Å². The quantitative estimate of drug-likeness (QED) is 0.236. The van der Waals surface area contributed by atoms with Gasteiger partial charge in [0, 0.05) is 48.2 Å². The van der Waals surface area contributed by atoms with Crippen LogP contribution in [-0.4, -0.2) is 65.7 Å². The second-order valence-electron chi connectivity index (χ2n) is 14.4. The van der Waals surface area contributed by atoms with Gasteiger partial charge in [0.05, 0.1) is 13.2 Å². The maximum atomic E-state index is 14.1. The van der Waals surface area contributed by atoms with Gasteiger partial charge < -0.3 is 19.5 Å². The van der Waals surface area contributed by atoms with Gasteiger partial charge in [-0.2, -0.15) is 0 Å². The molecule has 2 heterocycles. The molecule has 2 bridgehead atoms. The van der Waals surface area contributed by atoms with Crippen LogP contribution in [0.1, 0.15) is 101 Å². The molecule has 5 atom stereocenters. The van der Waals surface area contributed by atoms with Gasteiger partial charge in [0.1, 0.15) is 11.9 Å². The Labute approximate surface area is 264 Å². The standard InChI is InChI=1S/C38H52N2O4/c1-3-4-11-21-40(34(42)15-10-6-9-14-26-12-7-5-8-13-26)30-19-18-29-31-23-28-32(41)24-33(43-2)36-35(28)38(29,37(30)44-36)20-22-39(31)25-27-16-17-27/h5,7-8,12-13,24,27,29-31,37,41H,3-4,6,9-11,14-23,25H2,1-2H3/t29-,30-,31+,37-,38-/m0/s1. The summed E-state index contributed by atoms with van der Waals surface area (Å²) in [5, 5.41) is 11.3. The van der Waals surface area contributed by atoms with E-state index in [1.807, 2.05) is 0 Å². The zero-order valence-electron chi connectivity index (χ0n) is 26.9. The highest BCUT2D eigenvalue weighted by molar-refractivity contribution is 5.77. The third kappa shape index (κ3) is 5.29. The first-order valence-corrected chi connectivity index (χ1v) is 17.7. The summed E-state index contributed by atoms with van der Waals surface area (Å²) in [6.45, 7) is 5.31. The average molecular weight is 601 g/mol. The first-order chi connectivity index (χ1) is 21.5. The molecule has 3 aliphatic carbocycles. The summed E-state index contributed by atoms with van der Waals surface area (Å²) in [5.74, 6) is 3.48. The minimum atomic E-state index is -0.165. The Balaban J connectivity index is 1.14. The molecule has 6 nitrogen and oxygen atoms in total. The number of phenols is 1. The lowest BCUT2D eigenvalue weighted by Gasteiger charge is -2.60. The van der Waals surface area contributed by atoms with E-state index in [2.05, 4.69) is 47.1 Å². The van der Waals surface area contributed by atoms with Crippen molar-refractivity contribution in [3.05, 3.63) is 53.1 Å². The number of hydrogen-bond acceptors (Lipinski definition) is 5. The molecule has 1 amide bonds. The summed E-state index contributed by atoms with van der Waals surface area (Å²) >= 11 is 0. The Bertz CT molecular complexity index is 1330. The fourth-order valence-corrected chi connectivity index (χ4v) is 9.56. The minimum absolute atomic E-state index is 0.0563. The molecule has 1 saturated heterocycles. The average Bonchev–Trinajstić information content (AvgIpc) is 3.80. The number of ether oxygens (including phenoxy) is 2. The Morgan fingerprint density at radius 2 is 1.93 bits per heavy atom. The summed E-state index contributed by atoms with van der Waals surface area (Å²) in [7, 11) is 1.68. The summed E-state index contributed by atoms with van der Waals surface area (Å²) in [6.07, 6.45) is 14.8. The van der Waals surface area contributed by atoms with Crippen LogP contribution in [0.5, 0.6) is 17.2 Å². The molecular formula is C38H52N2O4. The van der Waals surface area contributed by atoms with Gasteiger partial charge in [-0.25, -0.2) is 0 Å². The molecule has 238 valence electrons. The maximum Gasteiger partial charge on any atom is 0.222 e. The molecule has 2 aliphatic heterocycles. The lowest BCUT2D eigenvalue weighted by atomic mass is 9.50. The monoisotopic (exact) mass is 600 g/mol. The smallest absolute Gasteiger partial charge is 0.222 e. The molecule has 2 aromatic carbocycles. The Morgan fingerprint density at radius 1 is 1.09 bits per heavy atom. The number of amides is 1. The second-order valence-corrected chi connectivity index (χ2v) is 14.4. The normalized spacial score (nSPS) is 28.3. The predicted molar refractivity (Wildman–Crippen MR) is 174 cm³/mol. The van der Waals surface area contributed by atoms with E-state index in [0.717, 1.165) is 101 Å². The number of rotatable bonds is 14. The van der Waals surface area contributed by atoms with Crippen LogP contribution < -0.4 is 9.47 Å². The van der Waals surface area contributed by atoms with Gasteiger partial charge in [-0.3, -0.25) is 9.69 Å².